The van der Waals surface area contributed by atoms with Gasteiger partial charge in [0.2, 0.25) is 0 Å². The summed E-state index contributed by atoms with van der Waals surface area (Å²) in [5.41, 5.74) is 0.674. The Morgan fingerprint density at radius 2 is 2.05 bits per heavy atom. The third kappa shape index (κ3) is 3.60. The smallest absolute Gasteiger partial charge is 0.312 e. The normalized spacial score (nSPS) is 16.7. The van der Waals surface area contributed by atoms with E-state index < -0.39 is 11.2 Å². The van der Waals surface area contributed by atoms with Crippen LogP contribution < -0.4 is 5.46 Å². The predicted octanol–water partition coefficient (Wildman–Crippen LogP) is 1.14. The van der Waals surface area contributed by atoms with E-state index in [9.17, 15) is 5.11 Å². The molecule has 0 aromatic carbocycles. The van der Waals surface area contributed by atoms with Crippen molar-refractivity contribution in [1.82, 2.24) is 9.78 Å². The summed E-state index contributed by atoms with van der Waals surface area (Å²) in [6.07, 6.45) is 4.74. The van der Waals surface area contributed by atoms with Gasteiger partial charge in [0.25, 0.3) is 0 Å². The largest absolute Gasteiger partial charge is 0.427 e. The molecule has 0 radical (unpaired) electrons. The Bertz CT molecular complexity index is 445. The number of rotatable bonds is 6. The fraction of sp³-hybridized carbons (Fsp3) is 0.786. The maximum absolute atomic E-state index is 10.1. The van der Waals surface area contributed by atoms with Crippen molar-refractivity contribution in [3.8, 4) is 0 Å². The lowest BCUT2D eigenvalue weighted by molar-refractivity contribution is -0.0893. The van der Waals surface area contributed by atoms with Crippen LogP contribution in [0.4, 0.5) is 0 Å². The molecule has 1 aliphatic carbocycles. The first-order valence-electron chi connectivity index (χ1n) is 7.08. The number of aliphatic hydroxyl groups is 1. The van der Waals surface area contributed by atoms with Crippen LogP contribution in [-0.2, 0) is 11.2 Å². The second-order valence-electron chi connectivity index (χ2n) is 6.76. The lowest BCUT2D eigenvalue weighted by Gasteiger charge is -2.37. The Morgan fingerprint density at radius 1 is 1.42 bits per heavy atom. The molecule has 0 unspecified atom stereocenters. The van der Waals surface area contributed by atoms with Gasteiger partial charge in [-0.25, -0.2) is 0 Å². The van der Waals surface area contributed by atoms with Gasteiger partial charge in [-0.05, 0) is 58.8 Å². The maximum atomic E-state index is 10.1. The summed E-state index contributed by atoms with van der Waals surface area (Å²) >= 11 is 0. The van der Waals surface area contributed by atoms with Crippen LogP contribution in [0.1, 0.15) is 46.2 Å². The fourth-order valence-corrected chi connectivity index (χ4v) is 1.79. The van der Waals surface area contributed by atoms with E-state index in [1.54, 1.807) is 13.8 Å². The zero-order valence-electron chi connectivity index (χ0n) is 12.7. The zero-order valence-corrected chi connectivity index (χ0v) is 12.7. The molecule has 0 saturated heterocycles. The highest BCUT2D eigenvalue weighted by Crippen LogP contribution is 2.30. The van der Waals surface area contributed by atoms with Gasteiger partial charge in [0.05, 0.1) is 16.9 Å². The van der Waals surface area contributed by atoms with Crippen LogP contribution >= 0.6 is 0 Å². The summed E-state index contributed by atoms with van der Waals surface area (Å²) in [6.45, 7) is 10.4. The number of hydrogen-bond acceptors (Lipinski definition) is 3. The van der Waals surface area contributed by atoms with Crippen molar-refractivity contribution in [2.45, 2.75) is 65.2 Å². The van der Waals surface area contributed by atoms with E-state index in [1.165, 1.54) is 12.8 Å². The molecule has 0 bridgehead atoms. The van der Waals surface area contributed by atoms with Gasteiger partial charge < -0.3 is 9.76 Å². The molecule has 0 aliphatic heterocycles. The maximum Gasteiger partial charge on any atom is 0.312 e. The minimum Gasteiger partial charge on any atom is -0.427 e. The van der Waals surface area contributed by atoms with Gasteiger partial charge >= 0.3 is 7.48 Å². The van der Waals surface area contributed by atoms with Crippen molar-refractivity contribution in [2.24, 2.45) is 5.92 Å². The Morgan fingerprint density at radius 3 is 2.58 bits per heavy atom. The lowest BCUT2D eigenvalue weighted by Crippen LogP contribution is -2.49. The number of hydrogen-bond donors (Lipinski definition) is 1. The van der Waals surface area contributed by atoms with E-state index in [4.69, 9.17) is 4.65 Å². The third-order valence-electron chi connectivity index (χ3n) is 4.25. The summed E-state index contributed by atoms with van der Waals surface area (Å²) in [6, 6.07) is 0. The summed E-state index contributed by atoms with van der Waals surface area (Å²) in [7, 11) is 0.494. The van der Waals surface area contributed by atoms with Crippen molar-refractivity contribution >= 4 is 12.9 Å². The van der Waals surface area contributed by atoms with E-state index >= 15 is 0 Å². The molecule has 106 valence electrons. The van der Waals surface area contributed by atoms with Crippen LogP contribution in [-0.4, -0.2) is 33.6 Å². The van der Waals surface area contributed by atoms with Crippen LogP contribution in [0.3, 0.4) is 0 Å². The van der Waals surface area contributed by atoms with Gasteiger partial charge in [-0.2, -0.15) is 5.10 Å². The molecule has 1 fully saturated rings. The monoisotopic (exact) mass is 264 g/mol. The first-order chi connectivity index (χ1) is 8.69. The SMILES string of the molecule is Cc1nn(CC2CC2)cc1BOC(C)(C)C(C)(C)O. The molecule has 19 heavy (non-hydrogen) atoms. The molecule has 2 rings (SSSR count). The Hall–Kier alpha value is -0.805. The standard InChI is InChI=1S/C14H25BN2O2/c1-10-12(9-17(16-10)8-11-6-7-11)15-19-14(4,5)13(2,3)18/h9,11,15,18H,6-8H2,1-5H3. The van der Waals surface area contributed by atoms with Crippen LogP contribution in [0.15, 0.2) is 6.20 Å². The molecule has 4 nitrogen and oxygen atoms in total. The van der Waals surface area contributed by atoms with Crippen molar-refractivity contribution in [2.75, 3.05) is 0 Å². The van der Waals surface area contributed by atoms with Crippen LogP contribution in [0, 0.1) is 12.8 Å². The van der Waals surface area contributed by atoms with Crippen LogP contribution in [0.2, 0.25) is 0 Å². The second-order valence-corrected chi connectivity index (χ2v) is 6.76. The highest BCUT2D eigenvalue weighted by atomic mass is 16.5. The van der Waals surface area contributed by atoms with Crippen molar-refractivity contribution in [1.29, 1.82) is 0 Å². The van der Waals surface area contributed by atoms with Gasteiger partial charge in [0.1, 0.15) is 0 Å². The van der Waals surface area contributed by atoms with Gasteiger partial charge in [0.15, 0.2) is 0 Å². The molecule has 1 N–H and O–H groups in total. The number of aromatic nitrogens is 2. The summed E-state index contributed by atoms with van der Waals surface area (Å²) < 4.78 is 7.92. The fourth-order valence-electron chi connectivity index (χ4n) is 1.79. The highest BCUT2D eigenvalue weighted by Gasteiger charge is 2.36. The first kappa shape index (κ1) is 14.6. The van der Waals surface area contributed by atoms with Crippen molar-refractivity contribution in [3.05, 3.63) is 11.9 Å². The van der Waals surface area contributed by atoms with Gasteiger partial charge in [-0.3, -0.25) is 4.68 Å². The van der Waals surface area contributed by atoms with Crippen LogP contribution in [0.25, 0.3) is 0 Å². The molecule has 1 heterocycles. The molecule has 1 saturated carbocycles. The average molecular weight is 264 g/mol. The van der Waals surface area contributed by atoms with Crippen molar-refractivity contribution in [3.63, 3.8) is 0 Å². The summed E-state index contributed by atoms with van der Waals surface area (Å²) in [4.78, 5) is 0. The van der Waals surface area contributed by atoms with E-state index in [1.807, 2.05) is 25.5 Å². The average Bonchev–Trinajstić information content (AvgIpc) is 2.98. The van der Waals surface area contributed by atoms with Gasteiger partial charge in [0, 0.05) is 12.7 Å². The van der Waals surface area contributed by atoms with E-state index in [-0.39, 0.29) is 0 Å². The highest BCUT2D eigenvalue weighted by molar-refractivity contribution is 6.47. The van der Waals surface area contributed by atoms with Crippen LogP contribution in [0.5, 0.6) is 0 Å². The van der Waals surface area contributed by atoms with E-state index in [0.29, 0.717) is 7.48 Å². The van der Waals surface area contributed by atoms with Gasteiger partial charge in [-0.1, -0.05) is 0 Å². The second kappa shape index (κ2) is 4.95. The molecule has 5 heteroatoms. The third-order valence-corrected chi connectivity index (χ3v) is 4.25. The van der Waals surface area contributed by atoms with E-state index in [0.717, 1.165) is 23.6 Å². The molecule has 0 amide bonds. The molecular weight excluding hydrogens is 239 g/mol. The molecule has 1 aromatic rings. The summed E-state index contributed by atoms with van der Waals surface area (Å²) in [5.74, 6) is 0.820. The van der Waals surface area contributed by atoms with Gasteiger partial charge in [-0.15, -0.1) is 0 Å². The van der Waals surface area contributed by atoms with Crippen molar-refractivity contribution < 1.29 is 9.76 Å². The number of nitrogens with zero attached hydrogens (tertiary/aromatic N) is 2. The van der Waals surface area contributed by atoms with E-state index in [2.05, 4.69) is 11.3 Å². The zero-order chi connectivity index (χ0) is 14.3. The lowest BCUT2D eigenvalue weighted by atomic mass is 9.83. The molecule has 0 atom stereocenters. The molecule has 1 aromatic heterocycles. The molecular formula is C14H25BN2O2. The first-order valence-corrected chi connectivity index (χ1v) is 7.08. The Balaban J connectivity index is 1.97. The summed E-state index contributed by atoms with van der Waals surface area (Å²) in [5, 5.41) is 14.6. The topological polar surface area (TPSA) is 47.3 Å². The Labute approximate surface area is 116 Å². The predicted molar refractivity (Wildman–Crippen MR) is 77.9 cm³/mol. The molecule has 0 spiro atoms. The molecule has 1 aliphatic rings. The quantitative estimate of drug-likeness (QED) is 0.784. The Kier molecular flexibility index (Phi) is 3.80. The minimum absolute atomic E-state index is 0.494. The minimum atomic E-state index is -0.870. The number of aryl methyl sites for hydroxylation is 1.